The highest BCUT2D eigenvalue weighted by atomic mass is 32.2. The summed E-state index contributed by atoms with van der Waals surface area (Å²) in [5.41, 5.74) is 6.28. The Kier molecular flexibility index (Phi) is 7.49. The Hall–Kier alpha value is -3.82. The summed E-state index contributed by atoms with van der Waals surface area (Å²) in [6.45, 7) is 2.03. The van der Waals surface area contributed by atoms with Gasteiger partial charge in [-0.1, -0.05) is 41.2 Å². The topological polar surface area (TPSA) is 97.6 Å². The van der Waals surface area contributed by atoms with Gasteiger partial charge in [0, 0.05) is 70.9 Å². The molecule has 0 aliphatic heterocycles. The predicted octanol–water partition coefficient (Wildman–Crippen LogP) is 5.99. The third-order valence-electron chi connectivity index (χ3n) is 5.31. The Morgan fingerprint density at radius 2 is 1.19 bits per heavy atom. The molecule has 1 N–H and O–H groups in total. The SMILES string of the molecule is Cc1cc(CSc2nccc(-c3cccnc3)n2)c(O)c(CSc2nccc(-c3cccnc3)n2)c1. The van der Waals surface area contributed by atoms with E-state index in [0.29, 0.717) is 21.8 Å². The zero-order valence-corrected chi connectivity index (χ0v) is 21.1. The van der Waals surface area contributed by atoms with Crippen molar-refractivity contribution < 1.29 is 5.11 Å². The first-order chi connectivity index (χ1) is 17.7. The predicted molar refractivity (Wildman–Crippen MR) is 142 cm³/mol. The normalized spacial score (nSPS) is 10.9. The number of aryl methyl sites for hydroxylation is 1. The van der Waals surface area contributed by atoms with Gasteiger partial charge in [-0.05, 0) is 43.3 Å². The summed E-state index contributed by atoms with van der Waals surface area (Å²) >= 11 is 2.98. The molecule has 4 heterocycles. The number of aromatic hydroxyl groups is 1. The number of thioether (sulfide) groups is 2. The second-order valence-electron chi connectivity index (χ2n) is 7.94. The average Bonchev–Trinajstić information content (AvgIpc) is 2.94. The highest BCUT2D eigenvalue weighted by Gasteiger charge is 2.13. The number of hydrogen-bond acceptors (Lipinski definition) is 9. The van der Waals surface area contributed by atoms with E-state index in [0.717, 1.165) is 39.2 Å². The maximum Gasteiger partial charge on any atom is 0.188 e. The standard InChI is InChI=1S/C27H22N6OS2/c1-18-12-21(16-35-26-30-10-6-23(32-26)19-4-2-8-28-14-19)25(34)22(13-18)17-36-27-31-11-7-24(33-27)20-5-3-9-29-15-20/h2-15,34H,16-17H2,1H3. The van der Waals surface area contributed by atoms with Gasteiger partial charge in [0.05, 0.1) is 11.4 Å². The molecule has 0 saturated heterocycles. The van der Waals surface area contributed by atoms with E-state index >= 15 is 0 Å². The van der Waals surface area contributed by atoms with E-state index in [2.05, 4.69) is 29.9 Å². The lowest BCUT2D eigenvalue weighted by Gasteiger charge is -2.11. The van der Waals surface area contributed by atoms with Gasteiger partial charge in [-0.15, -0.1) is 0 Å². The van der Waals surface area contributed by atoms with Crippen molar-refractivity contribution in [3.05, 3.63) is 102 Å². The third kappa shape index (κ3) is 5.87. The van der Waals surface area contributed by atoms with Crippen LogP contribution >= 0.6 is 23.5 Å². The molecule has 0 aliphatic rings. The molecule has 36 heavy (non-hydrogen) atoms. The van der Waals surface area contributed by atoms with Crippen molar-refractivity contribution in [2.75, 3.05) is 0 Å². The minimum atomic E-state index is 0.285. The number of benzene rings is 1. The van der Waals surface area contributed by atoms with Gasteiger partial charge >= 0.3 is 0 Å². The number of phenols is 1. The van der Waals surface area contributed by atoms with Gasteiger partial charge in [0.2, 0.25) is 0 Å². The van der Waals surface area contributed by atoms with Crippen LogP contribution in [0.15, 0.2) is 96.0 Å². The summed E-state index contributed by atoms with van der Waals surface area (Å²) in [4.78, 5) is 26.4. The quantitative estimate of drug-likeness (QED) is 0.199. The number of nitrogens with zero attached hydrogens (tertiary/aromatic N) is 6. The third-order valence-corrected chi connectivity index (χ3v) is 7.13. The lowest BCUT2D eigenvalue weighted by molar-refractivity contribution is 0.465. The second kappa shape index (κ2) is 11.3. The number of hydrogen-bond donors (Lipinski definition) is 1. The fourth-order valence-electron chi connectivity index (χ4n) is 3.61. The van der Waals surface area contributed by atoms with Crippen molar-refractivity contribution >= 4 is 23.5 Å². The molecule has 0 saturated carbocycles. The van der Waals surface area contributed by atoms with E-state index in [9.17, 15) is 5.11 Å². The molecule has 0 aliphatic carbocycles. The first-order valence-corrected chi connectivity index (χ1v) is 13.2. The van der Waals surface area contributed by atoms with Crippen molar-refractivity contribution in [3.63, 3.8) is 0 Å². The zero-order chi connectivity index (χ0) is 24.7. The molecule has 4 aromatic heterocycles. The van der Waals surface area contributed by atoms with Crippen LogP contribution in [0, 0.1) is 6.92 Å². The minimum Gasteiger partial charge on any atom is -0.507 e. The molecule has 0 spiro atoms. The zero-order valence-electron chi connectivity index (χ0n) is 19.4. The van der Waals surface area contributed by atoms with Crippen molar-refractivity contribution in [1.29, 1.82) is 0 Å². The van der Waals surface area contributed by atoms with Crippen molar-refractivity contribution in [1.82, 2.24) is 29.9 Å². The van der Waals surface area contributed by atoms with Crippen LogP contribution in [0.5, 0.6) is 5.75 Å². The van der Waals surface area contributed by atoms with E-state index in [4.69, 9.17) is 0 Å². The highest BCUT2D eigenvalue weighted by molar-refractivity contribution is 7.98. The lowest BCUT2D eigenvalue weighted by atomic mass is 10.1. The van der Waals surface area contributed by atoms with E-state index in [1.54, 1.807) is 37.2 Å². The van der Waals surface area contributed by atoms with E-state index < -0.39 is 0 Å². The molecule has 178 valence electrons. The summed E-state index contributed by atoms with van der Waals surface area (Å²) in [5, 5.41) is 12.3. The van der Waals surface area contributed by atoms with Crippen LogP contribution in [-0.2, 0) is 11.5 Å². The van der Waals surface area contributed by atoms with Gasteiger partial charge in [-0.25, -0.2) is 19.9 Å². The van der Waals surface area contributed by atoms with Crippen LogP contribution in [-0.4, -0.2) is 35.0 Å². The van der Waals surface area contributed by atoms with Crippen LogP contribution in [0.2, 0.25) is 0 Å². The molecule has 5 aromatic rings. The van der Waals surface area contributed by atoms with Crippen LogP contribution < -0.4 is 0 Å². The van der Waals surface area contributed by atoms with E-state index in [1.807, 2.05) is 55.5 Å². The summed E-state index contributed by atoms with van der Waals surface area (Å²) in [6, 6.07) is 15.4. The molecule has 0 atom stereocenters. The number of aromatic nitrogens is 6. The fraction of sp³-hybridized carbons (Fsp3) is 0.111. The minimum absolute atomic E-state index is 0.285. The Bertz CT molecular complexity index is 1360. The fourth-order valence-corrected chi connectivity index (χ4v) is 5.22. The Balaban J connectivity index is 1.29. The first kappa shape index (κ1) is 23.9. The molecule has 1 aromatic carbocycles. The molecule has 0 fully saturated rings. The van der Waals surface area contributed by atoms with Gasteiger partial charge in [0.25, 0.3) is 0 Å². The summed E-state index contributed by atoms with van der Waals surface area (Å²) in [7, 11) is 0. The first-order valence-electron chi connectivity index (χ1n) is 11.2. The molecule has 0 unspecified atom stereocenters. The van der Waals surface area contributed by atoms with Crippen LogP contribution in [0.4, 0.5) is 0 Å². The molecule has 5 rings (SSSR count). The van der Waals surface area contributed by atoms with Gasteiger partial charge < -0.3 is 5.11 Å². The van der Waals surface area contributed by atoms with Crippen molar-refractivity contribution in [2.45, 2.75) is 28.7 Å². The lowest BCUT2D eigenvalue weighted by Crippen LogP contribution is -1.95. The van der Waals surface area contributed by atoms with Gasteiger partial charge in [-0.3, -0.25) is 9.97 Å². The van der Waals surface area contributed by atoms with Gasteiger partial charge in [0.1, 0.15) is 5.75 Å². The van der Waals surface area contributed by atoms with E-state index in [1.165, 1.54) is 23.5 Å². The average molecular weight is 511 g/mol. The summed E-state index contributed by atoms with van der Waals surface area (Å²) in [5.74, 6) is 1.39. The Morgan fingerprint density at radius 1 is 0.694 bits per heavy atom. The molecule has 0 radical (unpaired) electrons. The maximum atomic E-state index is 11.0. The number of pyridine rings is 2. The van der Waals surface area contributed by atoms with Crippen LogP contribution in [0.3, 0.4) is 0 Å². The molecule has 0 amide bonds. The van der Waals surface area contributed by atoms with Crippen molar-refractivity contribution in [2.24, 2.45) is 0 Å². The largest absolute Gasteiger partial charge is 0.507 e. The second-order valence-corrected chi connectivity index (χ2v) is 9.83. The maximum absolute atomic E-state index is 11.0. The smallest absolute Gasteiger partial charge is 0.188 e. The van der Waals surface area contributed by atoms with Crippen LogP contribution in [0.25, 0.3) is 22.5 Å². The number of rotatable bonds is 8. The van der Waals surface area contributed by atoms with Crippen LogP contribution in [0.1, 0.15) is 16.7 Å². The monoisotopic (exact) mass is 510 g/mol. The molecule has 9 heteroatoms. The van der Waals surface area contributed by atoms with Crippen molar-refractivity contribution in [3.8, 4) is 28.3 Å². The summed E-state index contributed by atoms with van der Waals surface area (Å²) < 4.78 is 0. The van der Waals surface area contributed by atoms with Gasteiger partial charge in [0.15, 0.2) is 10.3 Å². The molecule has 7 nitrogen and oxygen atoms in total. The molecule has 0 bridgehead atoms. The molecular weight excluding hydrogens is 488 g/mol. The Labute approximate surface area is 217 Å². The van der Waals surface area contributed by atoms with E-state index in [-0.39, 0.29) is 5.75 Å². The highest BCUT2D eigenvalue weighted by Crippen LogP contribution is 2.33. The number of phenolic OH excluding ortho intramolecular Hbond substituents is 1. The Morgan fingerprint density at radius 3 is 1.64 bits per heavy atom. The molecular formula is C27H22N6OS2. The van der Waals surface area contributed by atoms with Gasteiger partial charge in [-0.2, -0.15) is 0 Å². The summed E-state index contributed by atoms with van der Waals surface area (Å²) in [6.07, 6.45) is 10.5.